The van der Waals surface area contributed by atoms with Crippen LogP contribution in [0.4, 0.5) is 0 Å². The molecule has 0 heterocycles. The minimum Gasteiger partial charge on any atom is -0.0628 e. The molecule has 8 unspecified atom stereocenters. The van der Waals surface area contributed by atoms with Crippen LogP contribution < -0.4 is 0 Å². The molecule has 4 rings (SSSR count). The fourth-order valence-electron chi connectivity index (χ4n) is 8.73. The Labute approximate surface area is 157 Å². The molecule has 0 heteroatoms. The van der Waals surface area contributed by atoms with Crippen molar-refractivity contribution in [2.24, 2.45) is 52.3 Å². The fraction of sp³-hybridized carbons (Fsp3) is 1.00. The Balaban J connectivity index is 1.50. The number of hydrogen-bond acceptors (Lipinski definition) is 0. The third kappa shape index (κ3) is 3.02. The standard InChI is InChI=1S/C25H44/c1-17(2)6-8-19-9-11-23-21-12-14-24(4)16-18(3)7-10-22(24)20(21)13-15-25(19,23)5/h17-23H,6-16H2,1-5H3. The van der Waals surface area contributed by atoms with Crippen LogP contribution in [0.3, 0.4) is 0 Å². The van der Waals surface area contributed by atoms with Gasteiger partial charge < -0.3 is 0 Å². The molecule has 25 heavy (non-hydrogen) atoms. The number of fused-ring (bicyclic) bond motifs is 5. The maximum Gasteiger partial charge on any atom is -0.0266 e. The molecular weight excluding hydrogens is 300 g/mol. The molecule has 0 N–H and O–H groups in total. The third-order valence-corrected chi connectivity index (χ3v) is 10.0. The van der Waals surface area contributed by atoms with Gasteiger partial charge in [-0.1, -0.05) is 47.5 Å². The molecule has 0 saturated heterocycles. The molecule has 144 valence electrons. The van der Waals surface area contributed by atoms with Crippen molar-refractivity contribution >= 4 is 0 Å². The van der Waals surface area contributed by atoms with E-state index < -0.39 is 0 Å². The van der Waals surface area contributed by atoms with Gasteiger partial charge >= 0.3 is 0 Å². The second-order valence-electron chi connectivity index (χ2n) is 11.9. The summed E-state index contributed by atoms with van der Waals surface area (Å²) in [6.07, 6.45) is 16.9. The van der Waals surface area contributed by atoms with E-state index >= 15 is 0 Å². The van der Waals surface area contributed by atoms with Gasteiger partial charge in [-0.2, -0.15) is 0 Å². The van der Waals surface area contributed by atoms with E-state index in [4.69, 9.17) is 0 Å². The maximum atomic E-state index is 2.72. The van der Waals surface area contributed by atoms with Crippen molar-refractivity contribution in [2.75, 3.05) is 0 Å². The fourth-order valence-corrected chi connectivity index (χ4v) is 8.73. The Morgan fingerprint density at radius 2 is 1.52 bits per heavy atom. The summed E-state index contributed by atoms with van der Waals surface area (Å²) in [6.45, 7) is 12.7. The first-order valence-corrected chi connectivity index (χ1v) is 11.8. The number of rotatable bonds is 3. The quantitative estimate of drug-likeness (QED) is 0.491. The molecule has 0 amide bonds. The summed E-state index contributed by atoms with van der Waals surface area (Å²) in [5, 5.41) is 0. The van der Waals surface area contributed by atoms with Gasteiger partial charge in [0, 0.05) is 0 Å². The van der Waals surface area contributed by atoms with Crippen LogP contribution in [-0.2, 0) is 0 Å². The van der Waals surface area contributed by atoms with E-state index in [0.717, 1.165) is 41.4 Å². The lowest BCUT2D eigenvalue weighted by atomic mass is 9.45. The second kappa shape index (κ2) is 6.56. The minimum atomic E-state index is 0.697. The Hall–Kier alpha value is 0. The topological polar surface area (TPSA) is 0 Å². The summed E-state index contributed by atoms with van der Waals surface area (Å²) in [7, 11) is 0. The van der Waals surface area contributed by atoms with Crippen molar-refractivity contribution < 1.29 is 0 Å². The molecule has 0 aromatic carbocycles. The van der Waals surface area contributed by atoms with Gasteiger partial charge in [-0.15, -0.1) is 0 Å². The van der Waals surface area contributed by atoms with Crippen LogP contribution >= 0.6 is 0 Å². The van der Waals surface area contributed by atoms with E-state index in [0.29, 0.717) is 10.8 Å². The predicted octanol–water partition coefficient (Wildman–Crippen LogP) is 7.72. The highest BCUT2D eigenvalue weighted by molar-refractivity contribution is 5.08. The van der Waals surface area contributed by atoms with Crippen molar-refractivity contribution in [3.8, 4) is 0 Å². The highest BCUT2D eigenvalue weighted by atomic mass is 14.6. The van der Waals surface area contributed by atoms with Crippen molar-refractivity contribution in [3.63, 3.8) is 0 Å². The summed E-state index contributed by atoms with van der Waals surface area (Å²) in [6, 6.07) is 0. The van der Waals surface area contributed by atoms with Crippen LogP contribution in [0.1, 0.15) is 105 Å². The predicted molar refractivity (Wildman–Crippen MR) is 108 cm³/mol. The van der Waals surface area contributed by atoms with Gasteiger partial charge in [-0.05, 0) is 110 Å². The van der Waals surface area contributed by atoms with Crippen LogP contribution in [0.2, 0.25) is 0 Å². The van der Waals surface area contributed by atoms with E-state index in [1.807, 2.05) is 0 Å². The average Bonchev–Trinajstić information content (AvgIpc) is 2.88. The third-order valence-electron chi connectivity index (χ3n) is 10.0. The largest absolute Gasteiger partial charge is 0.0628 e. The Bertz CT molecular complexity index is 478. The Kier molecular flexibility index (Phi) is 4.82. The van der Waals surface area contributed by atoms with Crippen LogP contribution in [0.15, 0.2) is 0 Å². The van der Waals surface area contributed by atoms with Crippen molar-refractivity contribution in [3.05, 3.63) is 0 Å². The smallest absolute Gasteiger partial charge is 0.0266 e. The second-order valence-corrected chi connectivity index (χ2v) is 11.9. The van der Waals surface area contributed by atoms with E-state index in [2.05, 4.69) is 34.6 Å². The van der Waals surface area contributed by atoms with E-state index in [1.165, 1.54) is 25.7 Å². The highest BCUT2D eigenvalue weighted by Crippen LogP contribution is 2.67. The van der Waals surface area contributed by atoms with E-state index in [1.54, 1.807) is 44.9 Å². The molecule has 4 aliphatic carbocycles. The molecule has 4 saturated carbocycles. The maximum absolute atomic E-state index is 2.72. The van der Waals surface area contributed by atoms with Gasteiger partial charge in [0.1, 0.15) is 0 Å². The first kappa shape index (κ1) is 18.4. The van der Waals surface area contributed by atoms with E-state index in [9.17, 15) is 0 Å². The average molecular weight is 345 g/mol. The first-order chi connectivity index (χ1) is 11.8. The summed E-state index contributed by atoms with van der Waals surface area (Å²) < 4.78 is 0. The van der Waals surface area contributed by atoms with Crippen LogP contribution in [0.25, 0.3) is 0 Å². The van der Waals surface area contributed by atoms with Gasteiger partial charge in [-0.25, -0.2) is 0 Å². The zero-order valence-electron chi connectivity index (χ0n) is 17.8. The Morgan fingerprint density at radius 1 is 0.840 bits per heavy atom. The first-order valence-electron chi connectivity index (χ1n) is 11.8. The lowest BCUT2D eigenvalue weighted by molar-refractivity contribution is -0.103. The van der Waals surface area contributed by atoms with Gasteiger partial charge in [0.2, 0.25) is 0 Å². The summed E-state index contributed by atoms with van der Waals surface area (Å²) in [5.41, 5.74) is 1.40. The van der Waals surface area contributed by atoms with Crippen molar-refractivity contribution in [2.45, 2.75) is 105 Å². The molecular formula is C25H44. The molecule has 0 bridgehead atoms. The lowest BCUT2D eigenvalue weighted by Crippen LogP contribution is -2.51. The molecule has 0 radical (unpaired) electrons. The van der Waals surface area contributed by atoms with Gasteiger partial charge in [0.25, 0.3) is 0 Å². The number of hydrogen-bond donors (Lipinski definition) is 0. The van der Waals surface area contributed by atoms with Gasteiger partial charge in [-0.3, -0.25) is 0 Å². The summed E-state index contributed by atoms with van der Waals surface area (Å²) in [5.74, 6) is 7.24. The van der Waals surface area contributed by atoms with Gasteiger partial charge in [0.05, 0.1) is 0 Å². The summed E-state index contributed by atoms with van der Waals surface area (Å²) in [4.78, 5) is 0. The lowest BCUT2D eigenvalue weighted by Gasteiger charge is -2.60. The molecule has 0 spiro atoms. The molecule has 4 aliphatic rings. The van der Waals surface area contributed by atoms with Crippen molar-refractivity contribution in [1.29, 1.82) is 0 Å². The molecule has 8 atom stereocenters. The zero-order valence-corrected chi connectivity index (χ0v) is 17.8. The summed E-state index contributed by atoms with van der Waals surface area (Å²) >= 11 is 0. The van der Waals surface area contributed by atoms with Crippen LogP contribution in [-0.4, -0.2) is 0 Å². The molecule has 0 nitrogen and oxygen atoms in total. The Morgan fingerprint density at radius 3 is 2.28 bits per heavy atom. The molecule has 4 fully saturated rings. The SMILES string of the molecule is CC(C)CCC1CCC2C3CCC4(C)CC(C)CCC4C3CCC12C. The van der Waals surface area contributed by atoms with Crippen molar-refractivity contribution in [1.82, 2.24) is 0 Å². The van der Waals surface area contributed by atoms with E-state index in [-0.39, 0.29) is 0 Å². The monoisotopic (exact) mass is 344 g/mol. The van der Waals surface area contributed by atoms with Gasteiger partial charge in [0.15, 0.2) is 0 Å². The minimum absolute atomic E-state index is 0.697. The molecule has 0 aliphatic heterocycles. The normalized spacial score (nSPS) is 52.6. The molecule has 0 aromatic rings. The van der Waals surface area contributed by atoms with Crippen LogP contribution in [0.5, 0.6) is 0 Å². The highest BCUT2D eigenvalue weighted by Gasteiger charge is 2.58. The zero-order chi connectivity index (χ0) is 17.8. The van der Waals surface area contributed by atoms with Crippen LogP contribution in [0, 0.1) is 52.3 Å². The molecule has 0 aromatic heterocycles.